The van der Waals surface area contributed by atoms with Crippen LogP contribution in [0, 0.1) is 0 Å². The molecule has 0 saturated carbocycles. The minimum atomic E-state index is -0.337. The van der Waals surface area contributed by atoms with Crippen molar-refractivity contribution < 1.29 is 9.47 Å². The molecule has 0 radical (unpaired) electrons. The summed E-state index contributed by atoms with van der Waals surface area (Å²) in [4.78, 5) is 4.12. The highest BCUT2D eigenvalue weighted by Crippen LogP contribution is 2.13. The molecule has 1 aromatic rings. The standard InChI is InChI=1S/C9H13NO2.C2H6/c1-3-12-9(11-2)8-6-4-5-7-10-8;1-2/h4-7,9H,3H2,1-2H3;1-2H3. The maximum atomic E-state index is 5.29. The first-order chi connectivity index (χ1) is 6.88. The van der Waals surface area contributed by atoms with Gasteiger partial charge in [0.25, 0.3) is 0 Å². The molecule has 0 spiro atoms. The molecule has 0 fully saturated rings. The zero-order valence-electron chi connectivity index (χ0n) is 9.36. The fourth-order valence-electron chi connectivity index (χ4n) is 0.941. The molecule has 0 saturated heterocycles. The highest BCUT2D eigenvalue weighted by molar-refractivity contribution is 5.04. The van der Waals surface area contributed by atoms with Gasteiger partial charge in [0.2, 0.25) is 6.29 Å². The molecule has 0 aromatic carbocycles. The van der Waals surface area contributed by atoms with E-state index in [0.717, 1.165) is 5.69 Å². The molecule has 0 aliphatic rings. The zero-order chi connectivity index (χ0) is 10.8. The lowest BCUT2D eigenvalue weighted by Crippen LogP contribution is -2.07. The topological polar surface area (TPSA) is 31.4 Å². The number of rotatable bonds is 4. The number of hydrogen-bond acceptors (Lipinski definition) is 3. The maximum Gasteiger partial charge on any atom is 0.200 e. The van der Waals surface area contributed by atoms with E-state index in [4.69, 9.17) is 9.47 Å². The Bertz CT molecular complexity index is 214. The Morgan fingerprint density at radius 3 is 2.50 bits per heavy atom. The van der Waals surface area contributed by atoms with Crippen LogP contribution in [0.2, 0.25) is 0 Å². The van der Waals surface area contributed by atoms with Crippen molar-refractivity contribution in [2.24, 2.45) is 0 Å². The summed E-state index contributed by atoms with van der Waals surface area (Å²) in [5, 5.41) is 0. The van der Waals surface area contributed by atoms with Gasteiger partial charge in [0.1, 0.15) is 0 Å². The lowest BCUT2D eigenvalue weighted by Gasteiger charge is -2.13. The fourth-order valence-corrected chi connectivity index (χ4v) is 0.941. The molecule has 3 nitrogen and oxygen atoms in total. The summed E-state index contributed by atoms with van der Waals surface area (Å²) in [6, 6.07) is 5.65. The Labute approximate surface area is 86.1 Å². The predicted molar refractivity (Wildman–Crippen MR) is 57.0 cm³/mol. The number of hydrogen-bond donors (Lipinski definition) is 0. The third kappa shape index (κ3) is 4.35. The van der Waals surface area contributed by atoms with Gasteiger partial charge < -0.3 is 9.47 Å². The van der Waals surface area contributed by atoms with E-state index in [1.807, 2.05) is 39.0 Å². The Morgan fingerprint density at radius 2 is 2.07 bits per heavy atom. The first kappa shape index (κ1) is 13.1. The summed E-state index contributed by atoms with van der Waals surface area (Å²) >= 11 is 0. The lowest BCUT2D eigenvalue weighted by molar-refractivity contribution is -0.126. The van der Waals surface area contributed by atoms with Crippen LogP contribution in [0.5, 0.6) is 0 Å². The maximum absolute atomic E-state index is 5.29. The van der Waals surface area contributed by atoms with Crippen LogP contribution < -0.4 is 0 Å². The van der Waals surface area contributed by atoms with Crippen LogP contribution in [-0.2, 0) is 9.47 Å². The second-order valence-corrected chi connectivity index (χ2v) is 2.28. The molecular weight excluding hydrogens is 178 g/mol. The Hall–Kier alpha value is -0.930. The van der Waals surface area contributed by atoms with E-state index in [0.29, 0.717) is 6.61 Å². The SMILES string of the molecule is CC.CCOC(OC)c1ccccn1. The molecule has 1 heterocycles. The average Bonchev–Trinajstić information content (AvgIpc) is 2.30. The van der Waals surface area contributed by atoms with Gasteiger partial charge >= 0.3 is 0 Å². The molecule has 14 heavy (non-hydrogen) atoms. The molecule has 0 amide bonds. The number of methoxy groups -OCH3 is 1. The molecular formula is C11H19NO2. The van der Waals surface area contributed by atoms with Crippen molar-refractivity contribution >= 4 is 0 Å². The molecule has 0 aliphatic heterocycles. The summed E-state index contributed by atoms with van der Waals surface area (Å²) in [7, 11) is 1.61. The quantitative estimate of drug-likeness (QED) is 0.695. The highest BCUT2D eigenvalue weighted by atomic mass is 16.7. The van der Waals surface area contributed by atoms with Crippen molar-refractivity contribution in [1.82, 2.24) is 4.98 Å². The van der Waals surface area contributed by atoms with Crippen molar-refractivity contribution in [3.63, 3.8) is 0 Å². The monoisotopic (exact) mass is 197 g/mol. The molecule has 1 aromatic heterocycles. The van der Waals surface area contributed by atoms with Crippen LogP contribution in [0.1, 0.15) is 32.8 Å². The third-order valence-electron chi connectivity index (χ3n) is 1.46. The van der Waals surface area contributed by atoms with E-state index >= 15 is 0 Å². The van der Waals surface area contributed by atoms with E-state index in [9.17, 15) is 0 Å². The minimum absolute atomic E-state index is 0.337. The van der Waals surface area contributed by atoms with Crippen LogP contribution in [0.3, 0.4) is 0 Å². The van der Waals surface area contributed by atoms with Crippen molar-refractivity contribution in [2.45, 2.75) is 27.1 Å². The normalized spacial score (nSPS) is 11.4. The summed E-state index contributed by atoms with van der Waals surface area (Å²) in [6.45, 7) is 6.55. The fraction of sp³-hybridized carbons (Fsp3) is 0.545. The van der Waals surface area contributed by atoms with Crippen molar-refractivity contribution in [3.05, 3.63) is 30.1 Å². The first-order valence-electron chi connectivity index (χ1n) is 4.93. The molecule has 1 unspecified atom stereocenters. The van der Waals surface area contributed by atoms with Gasteiger partial charge in [-0.3, -0.25) is 4.98 Å². The van der Waals surface area contributed by atoms with Gasteiger partial charge in [-0.05, 0) is 19.1 Å². The summed E-state index contributed by atoms with van der Waals surface area (Å²) in [5.41, 5.74) is 0.807. The predicted octanol–water partition coefficient (Wildman–Crippen LogP) is 2.79. The number of aromatic nitrogens is 1. The van der Waals surface area contributed by atoms with Gasteiger partial charge in [-0.2, -0.15) is 0 Å². The average molecular weight is 197 g/mol. The first-order valence-corrected chi connectivity index (χ1v) is 4.93. The van der Waals surface area contributed by atoms with Crippen molar-refractivity contribution in [1.29, 1.82) is 0 Å². The smallest absolute Gasteiger partial charge is 0.200 e. The molecule has 80 valence electrons. The zero-order valence-corrected chi connectivity index (χ0v) is 9.36. The second-order valence-electron chi connectivity index (χ2n) is 2.28. The van der Waals surface area contributed by atoms with Crippen LogP contribution >= 0.6 is 0 Å². The largest absolute Gasteiger partial charge is 0.350 e. The molecule has 0 aliphatic carbocycles. The van der Waals surface area contributed by atoms with Gasteiger partial charge in [0.05, 0.1) is 5.69 Å². The van der Waals surface area contributed by atoms with Gasteiger partial charge in [-0.1, -0.05) is 19.9 Å². The summed E-state index contributed by atoms with van der Waals surface area (Å²) in [6.07, 6.45) is 1.39. The number of nitrogens with zero attached hydrogens (tertiary/aromatic N) is 1. The summed E-state index contributed by atoms with van der Waals surface area (Å²) < 4.78 is 10.4. The third-order valence-corrected chi connectivity index (χ3v) is 1.46. The van der Waals surface area contributed by atoms with Gasteiger partial charge in [0.15, 0.2) is 0 Å². The van der Waals surface area contributed by atoms with E-state index in [1.54, 1.807) is 13.3 Å². The van der Waals surface area contributed by atoms with Crippen LogP contribution in [0.25, 0.3) is 0 Å². The molecule has 0 N–H and O–H groups in total. The summed E-state index contributed by atoms with van der Waals surface area (Å²) in [5.74, 6) is 0. The molecule has 3 heteroatoms. The molecule has 0 bridgehead atoms. The molecule has 1 rings (SSSR count). The Morgan fingerprint density at radius 1 is 1.36 bits per heavy atom. The van der Waals surface area contributed by atoms with Gasteiger partial charge in [-0.25, -0.2) is 0 Å². The van der Waals surface area contributed by atoms with E-state index < -0.39 is 0 Å². The number of pyridine rings is 1. The lowest BCUT2D eigenvalue weighted by atomic mass is 10.3. The second kappa shape index (κ2) is 8.66. The Kier molecular flexibility index (Phi) is 8.08. The van der Waals surface area contributed by atoms with Crippen molar-refractivity contribution in [3.8, 4) is 0 Å². The Balaban J connectivity index is 0.000000791. The van der Waals surface area contributed by atoms with Gasteiger partial charge in [-0.15, -0.1) is 0 Å². The van der Waals surface area contributed by atoms with E-state index in [-0.39, 0.29) is 6.29 Å². The minimum Gasteiger partial charge on any atom is -0.350 e. The van der Waals surface area contributed by atoms with Crippen LogP contribution in [0.4, 0.5) is 0 Å². The highest BCUT2D eigenvalue weighted by Gasteiger charge is 2.09. The number of ether oxygens (including phenoxy) is 2. The van der Waals surface area contributed by atoms with Crippen molar-refractivity contribution in [2.75, 3.05) is 13.7 Å². The van der Waals surface area contributed by atoms with E-state index in [2.05, 4.69) is 4.98 Å². The molecule has 1 atom stereocenters. The van der Waals surface area contributed by atoms with E-state index in [1.165, 1.54) is 0 Å². The van der Waals surface area contributed by atoms with Crippen LogP contribution in [0.15, 0.2) is 24.4 Å². The van der Waals surface area contributed by atoms with Crippen LogP contribution in [-0.4, -0.2) is 18.7 Å². The van der Waals surface area contributed by atoms with Gasteiger partial charge in [0, 0.05) is 19.9 Å².